The van der Waals surface area contributed by atoms with Crippen LogP contribution in [0.15, 0.2) is 0 Å². The molecule has 0 amide bonds. The normalized spacial score (nSPS) is 38.1. The average molecular weight is 225 g/mol. The van der Waals surface area contributed by atoms with Crippen molar-refractivity contribution in [2.24, 2.45) is 5.92 Å². The van der Waals surface area contributed by atoms with Crippen LogP contribution in [0.2, 0.25) is 0 Å². The smallest absolute Gasteiger partial charge is 0.0817 e. The Morgan fingerprint density at radius 1 is 1.19 bits per heavy atom. The van der Waals surface area contributed by atoms with Crippen LogP contribution < -0.4 is 5.32 Å². The van der Waals surface area contributed by atoms with Gasteiger partial charge < -0.3 is 10.1 Å². The first-order valence-corrected chi connectivity index (χ1v) is 7.08. The van der Waals surface area contributed by atoms with Crippen LogP contribution in [0, 0.1) is 5.92 Å². The second-order valence-corrected chi connectivity index (χ2v) is 5.80. The lowest BCUT2D eigenvalue weighted by Crippen LogP contribution is -2.59. The summed E-state index contributed by atoms with van der Waals surface area (Å²) in [7, 11) is 0. The van der Waals surface area contributed by atoms with Gasteiger partial charge in [0.05, 0.1) is 11.2 Å². The average Bonchev–Trinajstić information content (AvgIpc) is 2.72. The van der Waals surface area contributed by atoms with Crippen molar-refractivity contribution in [2.75, 3.05) is 13.1 Å². The van der Waals surface area contributed by atoms with Gasteiger partial charge in [0, 0.05) is 13.1 Å². The molecule has 1 spiro atoms. The van der Waals surface area contributed by atoms with Crippen molar-refractivity contribution in [2.45, 2.75) is 70.5 Å². The van der Waals surface area contributed by atoms with E-state index in [9.17, 15) is 0 Å². The molecule has 0 aromatic carbocycles. The summed E-state index contributed by atoms with van der Waals surface area (Å²) in [6.07, 6.45) is 7.49. The van der Waals surface area contributed by atoms with E-state index in [0.29, 0.717) is 0 Å². The summed E-state index contributed by atoms with van der Waals surface area (Å²) in [5.74, 6) is 0.895. The number of hydrogen-bond donors (Lipinski definition) is 1. The van der Waals surface area contributed by atoms with E-state index in [0.717, 1.165) is 31.8 Å². The third-order valence-corrected chi connectivity index (χ3v) is 4.86. The molecule has 2 heteroatoms. The van der Waals surface area contributed by atoms with Gasteiger partial charge in [-0.05, 0) is 38.0 Å². The van der Waals surface area contributed by atoms with Gasteiger partial charge in [0.15, 0.2) is 0 Å². The fourth-order valence-electron chi connectivity index (χ4n) is 3.49. The zero-order valence-electron chi connectivity index (χ0n) is 11.1. The third-order valence-electron chi connectivity index (χ3n) is 4.86. The van der Waals surface area contributed by atoms with Crippen LogP contribution in [0.1, 0.15) is 59.3 Å². The maximum Gasteiger partial charge on any atom is 0.0817 e. The topological polar surface area (TPSA) is 21.3 Å². The molecule has 2 aliphatic rings. The highest BCUT2D eigenvalue weighted by Gasteiger charge is 2.47. The second kappa shape index (κ2) is 4.66. The van der Waals surface area contributed by atoms with Crippen LogP contribution >= 0.6 is 0 Å². The predicted molar refractivity (Wildman–Crippen MR) is 67.6 cm³/mol. The zero-order chi connectivity index (χ0) is 11.6. The first kappa shape index (κ1) is 12.4. The number of rotatable bonds is 3. The Balaban J connectivity index is 2.06. The van der Waals surface area contributed by atoms with Gasteiger partial charge >= 0.3 is 0 Å². The molecule has 0 bridgehead atoms. The first-order valence-electron chi connectivity index (χ1n) is 7.08. The fraction of sp³-hybridized carbons (Fsp3) is 1.00. The van der Waals surface area contributed by atoms with Gasteiger partial charge in [-0.25, -0.2) is 0 Å². The van der Waals surface area contributed by atoms with Gasteiger partial charge in [-0.3, -0.25) is 0 Å². The third kappa shape index (κ3) is 2.14. The lowest BCUT2D eigenvalue weighted by molar-refractivity contribution is -0.179. The Morgan fingerprint density at radius 2 is 1.94 bits per heavy atom. The molecule has 2 nitrogen and oxygen atoms in total. The first-order chi connectivity index (χ1) is 7.67. The monoisotopic (exact) mass is 225 g/mol. The molecule has 94 valence electrons. The van der Waals surface area contributed by atoms with Crippen molar-refractivity contribution < 1.29 is 4.74 Å². The standard InChI is InChI=1S/C14H27NO/c1-4-12-7-8-14(9-12)11-15-10-13(5-2,6-3)16-14/h12,15H,4-11H2,1-3H3. The molecular formula is C14H27NO. The van der Waals surface area contributed by atoms with E-state index in [2.05, 4.69) is 26.1 Å². The van der Waals surface area contributed by atoms with Crippen LogP contribution in [0.5, 0.6) is 0 Å². The van der Waals surface area contributed by atoms with Gasteiger partial charge in [0.1, 0.15) is 0 Å². The number of morpholine rings is 1. The Morgan fingerprint density at radius 3 is 2.50 bits per heavy atom. The highest BCUT2D eigenvalue weighted by atomic mass is 16.5. The van der Waals surface area contributed by atoms with E-state index in [4.69, 9.17) is 4.74 Å². The predicted octanol–water partition coefficient (Wildman–Crippen LogP) is 3.11. The number of hydrogen-bond acceptors (Lipinski definition) is 2. The number of nitrogens with one attached hydrogen (secondary N) is 1. The zero-order valence-corrected chi connectivity index (χ0v) is 11.1. The maximum atomic E-state index is 6.59. The van der Waals surface area contributed by atoms with Gasteiger partial charge in [0.2, 0.25) is 0 Å². The molecule has 1 N–H and O–H groups in total. The molecular weight excluding hydrogens is 198 g/mol. The van der Waals surface area contributed by atoms with Gasteiger partial charge in [-0.1, -0.05) is 27.2 Å². The minimum absolute atomic E-state index is 0.112. The summed E-state index contributed by atoms with van der Waals surface area (Å²) in [5.41, 5.74) is 0.284. The van der Waals surface area contributed by atoms with Crippen LogP contribution in [0.25, 0.3) is 0 Å². The van der Waals surface area contributed by atoms with Crippen molar-refractivity contribution in [3.05, 3.63) is 0 Å². The van der Waals surface area contributed by atoms with Gasteiger partial charge in [0.25, 0.3) is 0 Å². The van der Waals surface area contributed by atoms with Crippen LogP contribution in [0.4, 0.5) is 0 Å². The lowest BCUT2D eigenvalue weighted by atomic mass is 9.89. The van der Waals surface area contributed by atoms with Crippen molar-refractivity contribution >= 4 is 0 Å². The van der Waals surface area contributed by atoms with E-state index >= 15 is 0 Å². The maximum absolute atomic E-state index is 6.59. The molecule has 16 heavy (non-hydrogen) atoms. The molecule has 0 aromatic heterocycles. The largest absolute Gasteiger partial charge is 0.366 e. The Hall–Kier alpha value is -0.0800. The van der Waals surface area contributed by atoms with E-state index < -0.39 is 0 Å². The van der Waals surface area contributed by atoms with Crippen molar-refractivity contribution in [3.63, 3.8) is 0 Å². The molecule has 2 fully saturated rings. The summed E-state index contributed by atoms with van der Waals surface area (Å²) in [6.45, 7) is 8.95. The van der Waals surface area contributed by atoms with Crippen LogP contribution in [-0.4, -0.2) is 24.3 Å². The molecule has 1 heterocycles. The molecule has 0 aromatic rings. The van der Waals surface area contributed by atoms with Gasteiger partial charge in [-0.2, -0.15) is 0 Å². The molecule has 2 atom stereocenters. The Kier molecular flexibility index (Phi) is 3.60. The Bertz CT molecular complexity index is 237. The summed E-state index contributed by atoms with van der Waals surface area (Å²) in [6, 6.07) is 0. The number of ether oxygens (including phenoxy) is 1. The summed E-state index contributed by atoms with van der Waals surface area (Å²) >= 11 is 0. The minimum atomic E-state index is 0.112. The summed E-state index contributed by atoms with van der Waals surface area (Å²) < 4.78 is 6.59. The van der Waals surface area contributed by atoms with E-state index in [1.165, 1.54) is 25.7 Å². The van der Waals surface area contributed by atoms with E-state index in [-0.39, 0.29) is 11.2 Å². The molecule has 2 rings (SSSR count). The van der Waals surface area contributed by atoms with Crippen molar-refractivity contribution in [1.82, 2.24) is 5.32 Å². The summed E-state index contributed by atoms with van der Waals surface area (Å²) in [4.78, 5) is 0. The molecule has 1 saturated carbocycles. The quantitative estimate of drug-likeness (QED) is 0.797. The Labute approximate surface area is 100 Å². The van der Waals surface area contributed by atoms with Gasteiger partial charge in [-0.15, -0.1) is 0 Å². The van der Waals surface area contributed by atoms with Crippen molar-refractivity contribution in [1.29, 1.82) is 0 Å². The molecule has 1 aliphatic carbocycles. The van der Waals surface area contributed by atoms with E-state index in [1.807, 2.05) is 0 Å². The molecule has 0 radical (unpaired) electrons. The minimum Gasteiger partial charge on any atom is -0.366 e. The second-order valence-electron chi connectivity index (χ2n) is 5.80. The molecule has 2 unspecified atom stereocenters. The van der Waals surface area contributed by atoms with Crippen LogP contribution in [-0.2, 0) is 4.74 Å². The highest BCUT2D eigenvalue weighted by Crippen LogP contribution is 2.44. The fourth-order valence-corrected chi connectivity index (χ4v) is 3.49. The molecule has 1 saturated heterocycles. The highest BCUT2D eigenvalue weighted by molar-refractivity contribution is 5.00. The SMILES string of the molecule is CCC1CCC2(CNCC(CC)(CC)O2)C1. The summed E-state index contributed by atoms with van der Waals surface area (Å²) in [5, 5.41) is 3.63. The lowest BCUT2D eigenvalue weighted by Gasteiger charge is -2.47. The molecule has 1 aliphatic heterocycles. The van der Waals surface area contributed by atoms with E-state index in [1.54, 1.807) is 0 Å². The van der Waals surface area contributed by atoms with Crippen molar-refractivity contribution in [3.8, 4) is 0 Å². The van der Waals surface area contributed by atoms with Crippen LogP contribution in [0.3, 0.4) is 0 Å².